The molecule has 1 unspecified atom stereocenters. The van der Waals surface area contributed by atoms with Gasteiger partial charge in [-0.3, -0.25) is 19.8 Å². The summed E-state index contributed by atoms with van der Waals surface area (Å²) in [7, 11) is 1.48. The van der Waals surface area contributed by atoms with Gasteiger partial charge in [-0.25, -0.2) is 4.39 Å². The Morgan fingerprint density at radius 2 is 2.04 bits per heavy atom. The molecule has 1 aromatic carbocycles. The molecule has 0 radical (unpaired) electrons. The zero-order valence-electron chi connectivity index (χ0n) is 16.2. The average molecular weight is 389 g/mol. The Labute approximate surface area is 164 Å². The zero-order chi connectivity index (χ0) is 20.1. The molecule has 27 heavy (non-hydrogen) atoms. The second-order valence-corrected chi connectivity index (χ2v) is 8.16. The summed E-state index contributed by atoms with van der Waals surface area (Å²) >= 11 is 4.94. The molecule has 2 amide bonds. The number of thiocarbonyl (C=S) groups is 1. The summed E-state index contributed by atoms with van der Waals surface area (Å²) in [4.78, 5) is 27.9. The third-order valence-corrected chi connectivity index (χ3v) is 5.80. The second-order valence-electron chi connectivity index (χ2n) is 7.78. The molecule has 1 N–H and O–H groups in total. The summed E-state index contributed by atoms with van der Waals surface area (Å²) in [6.45, 7) is 9.27. The summed E-state index contributed by atoms with van der Waals surface area (Å²) in [6, 6.07) is 3.27. The van der Waals surface area contributed by atoms with Crippen LogP contribution >= 0.6 is 12.2 Å². The van der Waals surface area contributed by atoms with Gasteiger partial charge in [0.15, 0.2) is 5.11 Å². The summed E-state index contributed by atoms with van der Waals surface area (Å²) < 4.78 is 14.9. The Balaban J connectivity index is 2.10. The lowest BCUT2D eigenvalue weighted by Gasteiger charge is -2.47. The number of hydrogen-bond donors (Lipinski definition) is 1. The molecule has 1 aromatic rings. The number of likely N-dealkylation sites (N-methyl/N-ethyl adjacent to an activating group) is 1. The minimum absolute atomic E-state index is 0.0440. The van der Waals surface area contributed by atoms with E-state index in [1.165, 1.54) is 24.1 Å². The number of anilines is 1. The van der Waals surface area contributed by atoms with Crippen LogP contribution in [0.5, 0.6) is 0 Å². The highest BCUT2D eigenvalue weighted by molar-refractivity contribution is 7.80. The lowest BCUT2D eigenvalue weighted by atomic mass is 9.79. The largest absolute Gasteiger partial charge is 0.366 e. The first-order valence-electron chi connectivity index (χ1n) is 9.03. The molecule has 144 valence electrons. The molecule has 0 spiro atoms. The van der Waals surface area contributed by atoms with Gasteiger partial charge in [-0.05, 0) is 69.1 Å². The molecule has 0 saturated carbocycles. The van der Waals surface area contributed by atoms with Crippen LogP contribution in [0.1, 0.15) is 51.2 Å². The van der Waals surface area contributed by atoms with E-state index in [0.717, 1.165) is 24.2 Å². The quantitative estimate of drug-likeness (QED) is 0.480. The molecule has 2 heterocycles. The minimum Gasteiger partial charge on any atom is -0.366 e. The number of nitrogens with zero attached hydrogens (tertiary/aromatic N) is 2. The summed E-state index contributed by atoms with van der Waals surface area (Å²) in [5, 5.41) is 2.49. The van der Waals surface area contributed by atoms with Gasteiger partial charge >= 0.3 is 0 Å². The molecule has 2 aliphatic heterocycles. The molecule has 0 bridgehead atoms. The number of benzene rings is 1. The maximum atomic E-state index is 14.9. The predicted octanol–water partition coefficient (Wildman–Crippen LogP) is 3.19. The van der Waals surface area contributed by atoms with Gasteiger partial charge in [-0.1, -0.05) is 6.92 Å². The molecular weight excluding hydrogens is 365 g/mol. The van der Waals surface area contributed by atoms with Gasteiger partial charge in [0.05, 0.1) is 0 Å². The van der Waals surface area contributed by atoms with E-state index in [0.29, 0.717) is 0 Å². The number of nitrogens with one attached hydrogen (secondary N) is 1. The van der Waals surface area contributed by atoms with E-state index in [4.69, 9.17) is 12.2 Å². The van der Waals surface area contributed by atoms with Crippen molar-refractivity contribution in [2.24, 2.45) is 0 Å². The first-order chi connectivity index (χ1) is 12.6. The number of carbonyl (C=O) groups excluding carboxylic acids is 2. The average Bonchev–Trinajstić information content (AvgIpc) is 2.57. The van der Waals surface area contributed by atoms with Gasteiger partial charge in [0.1, 0.15) is 11.4 Å². The molecule has 0 aromatic heterocycles. The zero-order valence-corrected chi connectivity index (χ0v) is 17.0. The van der Waals surface area contributed by atoms with Crippen molar-refractivity contribution in [1.29, 1.82) is 0 Å². The number of hydrogen-bond acceptors (Lipinski definition) is 4. The molecule has 7 heteroatoms. The van der Waals surface area contributed by atoms with Gasteiger partial charge in [0, 0.05) is 30.4 Å². The van der Waals surface area contributed by atoms with Crippen molar-refractivity contribution in [3.63, 3.8) is 0 Å². The summed E-state index contributed by atoms with van der Waals surface area (Å²) in [5.41, 5.74) is 1.94. The lowest BCUT2D eigenvalue weighted by Crippen LogP contribution is -2.52. The van der Waals surface area contributed by atoms with Crippen LogP contribution in [0.4, 0.5) is 10.1 Å². The molecular formula is C20H24FN3O2S. The Morgan fingerprint density at radius 1 is 1.37 bits per heavy atom. The van der Waals surface area contributed by atoms with Crippen LogP contribution in [0.3, 0.4) is 0 Å². The van der Waals surface area contributed by atoms with Gasteiger partial charge in [-0.2, -0.15) is 0 Å². The third kappa shape index (κ3) is 3.25. The molecule has 0 aliphatic carbocycles. The van der Waals surface area contributed by atoms with Crippen LogP contribution in [0, 0.1) is 5.82 Å². The number of amides is 2. The standard InChI is InChI=1S/C20H24FN3O2S/c1-6-24-16-9-15(21)12(7-13(16)11(2)10-20(24,3)4)8-14-17(25)22-19(27)23(5)18(14)26/h7-9,11H,6,10H2,1-5H3,(H,22,25,27)/b14-8-. The van der Waals surface area contributed by atoms with Crippen molar-refractivity contribution < 1.29 is 14.0 Å². The summed E-state index contributed by atoms with van der Waals surface area (Å²) in [5.74, 6) is -1.36. The van der Waals surface area contributed by atoms with Crippen molar-refractivity contribution in [1.82, 2.24) is 10.2 Å². The van der Waals surface area contributed by atoms with Crippen molar-refractivity contribution in [2.45, 2.75) is 45.6 Å². The number of rotatable bonds is 2. The maximum Gasteiger partial charge on any atom is 0.265 e. The summed E-state index contributed by atoms with van der Waals surface area (Å²) in [6.07, 6.45) is 2.25. The highest BCUT2D eigenvalue weighted by atomic mass is 32.1. The topological polar surface area (TPSA) is 52.7 Å². The van der Waals surface area contributed by atoms with Gasteiger partial charge in [-0.15, -0.1) is 0 Å². The first-order valence-corrected chi connectivity index (χ1v) is 9.43. The van der Waals surface area contributed by atoms with E-state index >= 15 is 0 Å². The van der Waals surface area contributed by atoms with E-state index in [1.807, 2.05) is 0 Å². The van der Waals surface area contributed by atoms with Gasteiger partial charge in [0.2, 0.25) is 0 Å². The SMILES string of the molecule is CCN1c2cc(F)c(/C=C3/C(=O)NC(=S)N(C)C3=O)cc2C(C)CC1(C)C. The first kappa shape index (κ1) is 19.5. The van der Waals surface area contributed by atoms with Crippen molar-refractivity contribution in [3.05, 3.63) is 34.6 Å². The fourth-order valence-electron chi connectivity index (χ4n) is 4.13. The molecule has 3 rings (SSSR count). The van der Waals surface area contributed by atoms with Crippen molar-refractivity contribution in [3.8, 4) is 0 Å². The van der Waals surface area contributed by atoms with Crippen LogP contribution in [-0.4, -0.2) is 41.0 Å². The van der Waals surface area contributed by atoms with E-state index in [2.05, 4.69) is 37.9 Å². The Morgan fingerprint density at radius 3 is 2.67 bits per heavy atom. The normalized spacial score (nSPS) is 23.6. The van der Waals surface area contributed by atoms with Gasteiger partial charge < -0.3 is 4.90 Å². The van der Waals surface area contributed by atoms with Crippen LogP contribution < -0.4 is 10.2 Å². The Hall–Kier alpha value is -2.28. The van der Waals surface area contributed by atoms with E-state index in [-0.39, 0.29) is 27.7 Å². The van der Waals surface area contributed by atoms with Gasteiger partial charge in [0.25, 0.3) is 11.8 Å². The van der Waals surface area contributed by atoms with E-state index in [1.54, 1.807) is 6.07 Å². The highest BCUT2D eigenvalue weighted by Gasteiger charge is 2.36. The predicted molar refractivity (Wildman–Crippen MR) is 108 cm³/mol. The van der Waals surface area contributed by atoms with E-state index in [9.17, 15) is 14.0 Å². The molecule has 1 atom stereocenters. The van der Waals surface area contributed by atoms with Crippen LogP contribution in [0.15, 0.2) is 17.7 Å². The second kappa shape index (κ2) is 6.71. The van der Waals surface area contributed by atoms with E-state index < -0.39 is 17.6 Å². The Bertz CT molecular complexity index is 878. The molecule has 5 nitrogen and oxygen atoms in total. The lowest BCUT2D eigenvalue weighted by molar-refractivity contribution is -0.128. The Kier molecular flexibility index (Phi) is 4.84. The number of fused-ring (bicyclic) bond motifs is 1. The fourth-order valence-corrected chi connectivity index (χ4v) is 4.31. The van der Waals surface area contributed by atoms with Crippen molar-refractivity contribution in [2.75, 3.05) is 18.5 Å². The number of halogens is 1. The smallest absolute Gasteiger partial charge is 0.265 e. The third-order valence-electron chi connectivity index (χ3n) is 5.42. The highest BCUT2D eigenvalue weighted by Crippen LogP contribution is 2.44. The molecule has 1 saturated heterocycles. The monoisotopic (exact) mass is 389 g/mol. The molecule has 2 aliphatic rings. The van der Waals surface area contributed by atoms with Crippen LogP contribution in [0.25, 0.3) is 6.08 Å². The van der Waals surface area contributed by atoms with Crippen LogP contribution in [-0.2, 0) is 9.59 Å². The van der Waals surface area contributed by atoms with Crippen molar-refractivity contribution >= 4 is 40.9 Å². The number of carbonyl (C=O) groups is 2. The maximum absolute atomic E-state index is 14.9. The molecule has 1 fully saturated rings. The fraction of sp³-hybridized carbons (Fsp3) is 0.450. The van der Waals surface area contributed by atoms with Crippen LogP contribution in [0.2, 0.25) is 0 Å². The minimum atomic E-state index is -0.607.